The molecule has 1 aliphatic heterocycles. The van der Waals surface area contributed by atoms with Gasteiger partial charge in [0.2, 0.25) is 0 Å². The van der Waals surface area contributed by atoms with Crippen molar-refractivity contribution in [2.24, 2.45) is 4.99 Å². The Morgan fingerprint density at radius 2 is 1.70 bits per heavy atom. The molecular formula is C19H14F2N2O3S. The standard InChI is InChI=1S/C19H14F2N2O3S/c1-26-17(24)10-16-18(25)23(11-12-2-4-13(20)5-3-12)19(27-16)22-15-8-6-14(21)7-9-15/h2-10H,11H2,1H3. The number of methoxy groups -OCH3 is 1. The normalized spacial score (nSPS) is 17.0. The van der Waals surface area contributed by atoms with Crippen LogP contribution in [0.1, 0.15) is 5.56 Å². The SMILES string of the molecule is COC(=O)C=C1SC(=Nc2ccc(F)cc2)N(Cc2ccc(F)cc2)C1=O. The molecule has 5 nitrogen and oxygen atoms in total. The van der Waals surface area contributed by atoms with Gasteiger partial charge in [-0.3, -0.25) is 9.69 Å². The van der Waals surface area contributed by atoms with Crippen molar-refractivity contribution in [2.75, 3.05) is 7.11 Å². The topological polar surface area (TPSA) is 59.0 Å². The van der Waals surface area contributed by atoms with E-state index in [1.807, 2.05) is 0 Å². The number of ether oxygens (including phenoxy) is 1. The first kappa shape index (κ1) is 18.8. The van der Waals surface area contributed by atoms with E-state index in [-0.39, 0.29) is 17.3 Å². The number of amidine groups is 1. The molecule has 1 aliphatic rings. The van der Waals surface area contributed by atoms with E-state index >= 15 is 0 Å². The predicted octanol–water partition coefficient (Wildman–Crippen LogP) is 3.78. The molecule has 1 heterocycles. The van der Waals surface area contributed by atoms with E-state index in [4.69, 9.17) is 0 Å². The zero-order valence-corrected chi connectivity index (χ0v) is 15.0. The average Bonchev–Trinajstić information content (AvgIpc) is 2.94. The van der Waals surface area contributed by atoms with Gasteiger partial charge < -0.3 is 4.74 Å². The van der Waals surface area contributed by atoms with Crippen molar-refractivity contribution in [3.05, 3.63) is 76.7 Å². The zero-order valence-electron chi connectivity index (χ0n) is 14.2. The third-order valence-corrected chi connectivity index (χ3v) is 4.65. The molecule has 2 aromatic carbocycles. The van der Waals surface area contributed by atoms with E-state index in [0.717, 1.165) is 17.8 Å². The Morgan fingerprint density at radius 1 is 1.11 bits per heavy atom. The Balaban J connectivity index is 1.94. The number of halogens is 2. The second kappa shape index (κ2) is 8.13. The lowest BCUT2D eigenvalue weighted by molar-refractivity contribution is -0.135. The van der Waals surface area contributed by atoms with Crippen LogP contribution in [0.15, 0.2) is 64.5 Å². The Bertz CT molecular complexity index is 925. The van der Waals surface area contributed by atoms with Crippen LogP contribution in [0, 0.1) is 11.6 Å². The van der Waals surface area contributed by atoms with E-state index < -0.39 is 17.7 Å². The Labute approximate surface area is 158 Å². The molecule has 0 spiro atoms. The first-order valence-corrected chi connectivity index (χ1v) is 8.66. The minimum atomic E-state index is -0.657. The zero-order chi connectivity index (χ0) is 19.4. The van der Waals surface area contributed by atoms with Crippen LogP contribution in [0.25, 0.3) is 0 Å². The minimum absolute atomic E-state index is 0.144. The lowest BCUT2D eigenvalue weighted by atomic mass is 10.2. The molecule has 27 heavy (non-hydrogen) atoms. The second-order valence-electron chi connectivity index (χ2n) is 5.52. The Morgan fingerprint density at radius 3 is 2.30 bits per heavy atom. The van der Waals surface area contributed by atoms with Gasteiger partial charge >= 0.3 is 5.97 Å². The summed E-state index contributed by atoms with van der Waals surface area (Å²) in [7, 11) is 1.22. The molecular weight excluding hydrogens is 374 g/mol. The number of thioether (sulfide) groups is 1. The van der Waals surface area contributed by atoms with Crippen LogP contribution in [-0.4, -0.2) is 29.1 Å². The molecule has 0 aromatic heterocycles. The summed E-state index contributed by atoms with van der Waals surface area (Å²) in [6.45, 7) is 0.144. The molecule has 2 aromatic rings. The summed E-state index contributed by atoms with van der Waals surface area (Å²) in [5.41, 5.74) is 1.14. The number of carbonyl (C=O) groups excluding carboxylic acids is 2. The Kier molecular flexibility index (Phi) is 5.66. The number of esters is 1. The largest absolute Gasteiger partial charge is 0.466 e. The number of hydrogen-bond acceptors (Lipinski definition) is 5. The highest BCUT2D eigenvalue weighted by Crippen LogP contribution is 2.34. The lowest BCUT2D eigenvalue weighted by Crippen LogP contribution is -2.28. The van der Waals surface area contributed by atoms with Crippen molar-refractivity contribution < 1.29 is 23.1 Å². The fraction of sp³-hybridized carbons (Fsp3) is 0.105. The lowest BCUT2D eigenvalue weighted by Gasteiger charge is -2.15. The third kappa shape index (κ3) is 4.59. The highest BCUT2D eigenvalue weighted by atomic mass is 32.2. The molecule has 8 heteroatoms. The van der Waals surface area contributed by atoms with Gasteiger partial charge in [-0.05, 0) is 53.7 Å². The van der Waals surface area contributed by atoms with E-state index in [0.29, 0.717) is 16.4 Å². The van der Waals surface area contributed by atoms with Gasteiger partial charge in [-0.15, -0.1) is 0 Å². The number of hydrogen-bond donors (Lipinski definition) is 0. The van der Waals surface area contributed by atoms with E-state index in [2.05, 4.69) is 9.73 Å². The highest BCUT2D eigenvalue weighted by molar-refractivity contribution is 8.18. The average molecular weight is 388 g/mol. The number of amides is 1. The van der Waals surface area contributed by atoms with Crippen molar-refractivity contribution in [1.82, 2.24) is 4.90 Å². The second-order valence-corrected chi connectivity index (χ2v) is 6.53. The summed E-state index contributed by atoms with van der Waals surface area (Å²) >= 11 is 1.01. The summed E-state index contributed by atoms with van der Waals surface area (Å²) in [6, 6.07) is 11.2. The summed E-state index contributed by atoms with van der Waals surface area (Å²) < 4.78 is 30.8. The van der Waals surface area contributed by atoms with Crippen molar-refractivity contribution in [2.45, 2.75) is 6.54 Å². The maximum Gasteiger partial charge on any atom is 0.331 e. The van der Waals surface area contributed by atoms with Crippen LogP contribution in [0.5, 0.6) is 0 Å². The maximum atomic E-state index is 13.1. The van der Waals surface area contributed by atoms with E-state index in [9.17, 15) is 18.4 Å². The van der Waals surface area contributed by atoms with Gasteiger partial charge in [-0.25, -0.2) is 18.6 Å². The van der Waals surface area contributed by atoms with Gasteiger partial charge in [0, 0.05) is 6.08 Å². The number of aliphatic imine (C=N–C) groups is 1. The summed E-state index contributed by atoms with van der Waals surface area (Å²) in [4.78, 5) is 30.1. The van der Waals surface area contributed by atoms with Crippen LogP contribution < -0.4 is 0 Å². The number of carbonyl (C=O) groups is 2. The number of rotatable bonds is 4. The minimum Gasteiger partial charge on any atom is -0.466 e. The van der Waals surface area contributed by atoms with Crippen LogP contribution in [0.4, 0.5) is 14.5 Å². The van der Waals surface area contributed by atoms with Crippen LogP contribution in [-0.2, 0) is 20.9 Å². The molecule has 0 atom stereocenters. The van der Waals surface area contributed by atoms with Gasteiger partial charge in [-0.1, -0.05) is 12.1 Å². The fourth-order valence-electron chi connectivity index (χ4n) is 2.30. The molecule has 0 unspecified atom stereocenters. The number of benzene rings is 2. The van der Waals surface area contributed by atoms with Gasteiger partial charge in [0.1, 0.15) is 11.6 Å². The molecule has 138 valence electrons. The number of nitrogens with zero attached hydrogens (tertiary/aromatic N) is 2. The fourth-order valence-corrected chi connectivity index (χ4v) is 3.25. The molecule has 0 bridgehead atoms. The summed E-state index contributed by atoms with van der Waals surface area (Å²) in [5.74, 6) is -1.86. The van der Waals surface area contributed by atoms with Crippen molar-refractivity contribution >= 4 is 34.5 Å². The molecule has 0 N–H and O–H groups in total. The van der Waals surface area contributed by atoms with Gasteiger partial charge in [0.15, 0.2) is 5.17 Å². The van der Waals surface area contributed by atoms with Crippen LogP contribution in [0.2, 0.25) is 0 Å². The van der Waals surface area contributed by atoms with Crippen molar-refractivity contribution in [3.63, 3.8) is 0 Å². The van der Waals surface area contributed by atoms with Crippen molar-refractivity contribution in [3.8, 4) is 0 Å². The first-order chi connectivity index (χ1) is 13.0. The smallest absolute Gasteiger partial charge is 0.331 e. The highest BCUT2D eigenvalue weighted by Gasteiger charge is 2.34. The molecule has 1 saturated heterocycles. The van der Waals surface area contributed by atoms with Gasteiger partial charge in [-0.2, -0.15) is 0 Å². The molecule has 3 rings (SSSR count). The maximum absolute atomic E-state index is 13.1. The van der Waals surface area contributed by atoms with Crippen LogP contribution >= 0.6 is 11.8 Å². The molecule has 1 fully saturated rings. The first-order valence-electron chi connectivity index (χ1n) is 7.84. The van der Waals surface area contributed by atoms with E-state index in [1.54, 1.807) is 12.1 Å². The monoisotopic (exact) mass is 388 g/mol. The predicted molar refractivity (Wildman–Crippen MR) is 98.1 cm³/mol. The van der Waals surface area contributed by atoms with E-state index in [1.165, 1.54) is 48.4 Å². The summed E-state index contributed by atoms with van der Waals surface area (Å²) in [6.07, 6.45) is 1.10. The molecule has 1 amide bonds. The summed E-state index contributed by atoms with van der Waals surface area (Å²) in [5, 5.41) is 0.325. The van der Waals surface area contributed by atoms with Crippen LogP contribution in [0.3, 0.4) is 0 Å². The Hall–Kier alpha value is -3.00. The molecule has 0 saturated carbocycles. The van der Waals surface area contributed by atoms with Gasteiger partial charge in [0.25, 0.3) is 5.91 Å². The van der Waals surface area contributed by atoms with Crippen molar-refractivity contribution in [1.29, 1.82) is 0 Å². The molecule has 0 radical (unpaired) electrons. The quantitative estimate of drug-likeness (QED) is 0.591. The van der Waals surface area contributed by atoms with Gasteiger partial charge in [0.05, 0.1) is 24.2 Å². The molecule has 0 aliphatic carbocycles. The third-order valence-electron chi connectivity index (χ3n) is 3.64.